The second kappa shape index (κ2) is 7.96. The van der Waals surface area contributed by atoms with Gasteiger partial charge in [-0.15, -0.1) is 0 Å². The van der Waals surface area contributed by atoms with E-state index < -0.39 is 46.6 Å². The molecule has 2 unspecified atom stereocenters. The Morgan fingerprint density at radius 3 is 2.48 bits per heavy atom. The van der Waals surface area contributed by atoms with Gasteiger partial charge in [0.15, 0.2) is 0 Å². The molecule has 1 aromatic heterocycles. The molecule has 0 amide bonds. The monoisotopic (exact) mass is 415 g/mol. The number of alkyl halides is 3. The zero-order chi connectivity index (χ0) is 21.3. The normalized spacial score (nSPS) is 17.7. The van der Waals surface area contributed by atoms with Crippen LogP contribution in [0.4, 0.5) is 26.3 Å². The lowest BCUT2D eigenvalue weighted by Crippen LogP contribution is -2.20. The lowest BCUT2D eigenvalue weighted by Gasteiger charge is -2.18. The second-order valence-corrected chi connectivity index (χ2v) is 6.93. The van der Waals surface area contributed by atoms with Gasteiger partial charge in [0.05, 0.1) is 17.3 Å². The minimum Gasteiger partial charge on any atom is -0.386 e. The molecule has 3 rings (SSSR count). The van der Waals surface area contributed by atoms with Gasteiger partial charge in [0, 0.05) is 41.6 Å². The summed E-state index contributed by atoms with van der Waals surface area (Å²) in [7, 11) is 0. The lowest BCUT2D eigenvalue weighted by atomic mass is 10.0. The topological polar surface area (TPSA) is 37.0 Å². The van der Waals surface area contributed by atoms with Gasteiger partial charge < -0.3 is 10.6 Å². The van der Waals surface area contributed by atoms with Crippen LogP contribution in [0, 0.1) is 17.6 Å². The molecular formula is C20H19F6N3. The van der Waals surface area contributed by atoms with E-state index in [4.69, 9.17) is 0 Å². The number of aromatic nitrogens is 1. The number of hydrogen-bond acceptors (Lipinski definition) is 3. The highest BCUT2D eigenvalue weighted by atomic mass is 19.4. The highest BCUT2D eigenvalue weighted by Crippen LogP contribution is 2.34. The first-order valence-electron chi connectivity index (χ1n) is 9.04. The van der Waals surface area contributed by atoms with Gasteiger partial charge in [0.25, 0.3) is 0 Å². The van der Waals surface area contributed by atoms with E-state index >= 15 is 0 Å². The van der Waals surface area contributed by atoms with E-state index in [2.05, 4.69) is 15.6 Å². The summed E-state index contributed by atoms with van der Waals surface area (Å²) in [5, 5.41) is 6.26. The molecular weight excluding hydrogens is 396 g/mol. The second-order valence-electron chi connectivity index (χ2n) is 6.93. The first-order valence-corrected chi connectivity index (χ1v) is 9.04. The van der Waals surface area contributed by atoms with Crippen LogP contribution in [0.3, 0.4) is 0 Å². The van der Waals surface area contributed by atoms with E-state index in [0.717, 1.165) is 30.7 Å². The molecule has 1 aliphatic heterocycles. The summed E-state index contributed by atoms with van der Waals surface area (Å²) in [6.07, 6.45) is -1.43. The Morgan fingerprint density at radius 2 is 1.86 bits per heavy atom. The predicted octanol–water partition coefficient (Wildman–Crippen LogP) is 5.45. The SMILES string of the molecule is CCC1CC(NC(C)c2cc(F)c(-c3cc(C(F)(F)F)cc(F)n3)cc2F)=CN1. The first kappa shape index (κ1) is 21.0. The quantitative estimate of drug-likeness (QED) is 0.504. The van der Waals surface area contributed by atoms with E-state index in [1.807, 2.05) is 6.92 Å². The summed E-state index contributed by atoms with van der Waals surface area (Å²) in [6.45, 7) is 3.66. The number of nitrogens with zero attached hydrogens (tertiary/aromatic N) is 1. The van der Waals surface area contributed by atoms with Crippen molar-refractivity contribution in [3.8, 4) is 11.3 Å². The molecule has 1 aliphatic rings. The van der Waals surface area contributed by atoms with Gasteiger partial charge in [-0.05, 0) is 31.5 Å². The van der Waals surface area contributed by atoms with Gasteiger partial charge in [0.1, 0.15) is 11.6 Å². The summed E-state index contributed by atoms with van der Waals surface area (Å²) < 4.78 is 81.4. The maximum Gasteiger partial charge on any atom is 0.416 e. The standard InChI is InChI=1S/C20H19F6N3/c1-3-12-6-13(9-27-12)28-10(2)14-7-17(22)15(8-16(14)21)18-4-11(20(24,25)26)5-19(23)29-18/h4-5,7-10,12,27-28H,3,6H2,1-2H3. The molecule has 9 heteroatoms. The molecule has 0 aliphatic carbocycles. The van der Waals surface area contributed by atoms with Crippen molar-refractivity contribution in [2.24, 2.45) is 0 Å². The van der Waals surface area contributed by atoms with Crippen LogP contribution >= 0.6 is 0 Å². The fraction of sp³-hybridized carbons (Fsp3) is 0.350. The molecule has 0 fully saturated rings. The molecule has 2 N–H and O–H groups in total. The van der Waals surface area contributed by atoms with Crippen molar-refractivity contribution in [3.63, 3.8) is 0 Å². The van der Waals surface area contributed by atoms with E-state index in [-0.39, 0.29) is 17.7 Å². The average molecular weight is 415 g/mol. The van der Waals surface area contributed by atoms with Crippen LogP contribution < -0.4 is 10.6 Å². The Balaban J connectivity index is 1.89. The fourth-order valence-corrected chi connectivity index (χ4v) is 3.21. The van der Waals surface area contributed by atoms with Gasteiger partial charge in [-0.25, -0.2) is 13.8 Å². The number of rotatable bonds is 5. The van der Waals surface area contributed by atoms with Crippen LogP contribution in [-0.2, 0) is 6.18 Å². The largest absolute Gasteiger partial charge is 0.416 e. The van der Waals surface area contributed by atoms with Gasteiger partial charge in [-0.1, -0.05) is 6.92 Å². The van der Waals surface area contributed by atoms with Crippen molar-refractivity contribution in [1.29, 1.82) is 0 Å². The zero-order valence-electron chi connectivity index (χ0n) is 15.7. The average Bonchev–Trinajstić information content (AvgIpc) is 3.09. The highest BCUT2D eigenvalue weighted by molar-refractivity contribution is 5.61. The van der Waals surface area contributed by atoms with E-state index in [9.17, 15) is 26.3 Å². The molecule has 0 saturated carbocycles. The van der Waals surface area contributed by atoms with Gasteiger partial charge in [-0.2, -0.15) is 17.6 Å². The Hall–Kier alpha value is -2.71. The number of halogens is 6. The molecule has 0 radical (unpaired) electrons. The summed E-state index contributed by atoms with van der Waals surface area (Å²) in [4.78, 5) is 3.29. The van der Waals surface area contributed by atoms with Crippen LogP contribution in [0.25, 0.3) is 11.3 Å². The molecule has 1 aromatic carbocycles. The third-order valence-corrected chi connectivity index (χ3v) is 4.80. The van der Waals surface area contributed by atoms with Crippen LogP contribution in [0.2, 0.25) is 0 Å². The maximum absolute atomic E-state index is 14.6. The van der Waals surface area contributed by atoms with E-state index in [1.54, 1.807) is 13.1 Å². The van der Waals surface area contributed by atoms with Crippen molar-refractivity contribution in [2.45, 2.75) is 44.9 Å². The first-order chi connectivity index (χ1) is 13.6. The molecule has 0 bridgehead atoms. The molecule has 0 saturated heterocycles. The summed E-state index contributed by atoms with van der Waals surface area (Å²) in [5.74, 6) is -3.26. The third kappa shape index (κ3) is 4.65. The zero-order valence-corrected chi connectivity index (χ0v) is 15.7. The van der Waals surface area contributed by atoms with Gasteiger partial charge in [-0.3, -0.25) is 0 Å². The minimum absolute atomic E-state index is 0.000420. The summed E-state index contributed by atoms with van der Waals surface area (Å²) >= 11 is 0. The predicted molar refractivity (Wildman–Crippen MR) is 96.0 cm³/mol. The fourth-order valence-electron chi connectivity index (χ4n) is 3.21. The number of nitrogens with one attached hydrogen (secondary N) is 2. The van der Waals surface area contributed by atoms with Crippen LogP contribution in [0.15, 0.2) is 36.2 Å². The minimum atomic E-state index is -4.84. The van der Waals surface area contributed by atoms with Crippen molar-refractivity contribution < 1.29 is 26.3 Å². The molecule has 29 heavy (non-hydrogen) atoms. The molecule has 3 nitrogen and oxygen atoms in total. The lowest BCUT2D eigenvalue weighted by molar-refractivity contribution is -0.137. The molecule has 0 spiro atoms. The van der Waals surface area contributed by atoms with Crippen molar-refractivity contribution in [1.82, 2.24) is 15.6 Å². The molecule has 2 atom stereocenters. The van der Waals surface area contributed by atoms with Gasteiger partial charge in [0.2, 0.25) is 5.95 Å². The highest BCUT2D eigenvalue weighted by Gasteiger charge is 2.32. The van der Waals surface area contributed by atoms with Crippen molar-refractivity contribution in [3.05, 3.63) is 64.9 Å². The van der Waals surface area contributed by atoms with Crippen molar-refractivity contribution in [2.75, 3.05) is 0 Å². The number of benzene rings is 1. The summed E-state index contributed by atoms with van der Waals surface area (Å²) in [5.41, 5.74) is -1.66. The number of hydrogen-bond donors (Lipinski definition) is 2. The van der Waals surface area contributed by atoms with Crippen LogP contribution in [0.5, 0.6) is 0 Å². The van der Waals surface area contributed by atoms with Crippen LogP contribution in [-0.4, -0.2) is 11.0 Å². The Bertz CT molecular complexity index is 939. The molecule has 156 valence electrons. The van der Waals surface area contributed by atoms with E-state index in [1.165, 1.54) is 0 Å². The molecule has 2 aromatic rings. The van der Waals surface area contributed by atoms with Crippen molar-refractivity contribution >= 4 is 0 Å². The smallest absolute Gasteiger partial charge is 0.386 e. The van der Waals surface area contributed by atoms with E-state index in [0.29, 0.717) is 6.07 Å². The summed E-state index contributed by atoms with van der Waals surface area (Å²) in [6, 6.07) is 2.00. The molecule has 2 heterocycles. The van der Waals surface area contributed by atoms with Gasteiger partial charge >= 0.3 is 6.18 Å². The third-order valence-electron chi connectivity index (χ3n) is 4.80. The maximum atomic E-state index is 14.6. The Morgan fingerprint density at radius 1 is 1.14 bits per heavy atom. The van der Waals surface area contributed by atoms with Crippen LogP contribution in [0.1, 0.15) is 43.9 Å². The Labute approximate surface area is 163 Å². The number of pyridine rings is 1. The Kier molecular flexibility index (Phi) is 5.77.